The van der Waals surface area contributed by atoms with Crippen molar-refractivity contribution in [2.75, 3.05) is 5.32 Å². The van der Waals surface area contributed by atoms with Gasteiger partial charge in [-0.25, -0.2) is 0 Å². The molecule has 0 aliphatic heterocycles. The molecule has 1 aliphatic carbocycles. The van der Waals surface area contributed by atoms with Gasteiger partial charge in [0.1, 0.15) is 0 Å². The molecule has 0 fully saturated rings. The van der Waals surface area contributed by atoms with Crippen LogP contribution in [0.15, 0.2) is 95.7 Å². The van der Waals surface area contributed by atoms with Crippen molar-refractivity contribution in [3.63, 3.8) is 0 Å². The van der Waals surface area contributed by atoms with Crippen LogP contribution in [-0.2, 0) is 32.1 Å². The Morgan fingerprint density at radius 2 is 1.52 bits per heavy atom. The number of benzene rings is 3. The number of fused-ring (bicyclic) bond motifs is 1. The first-order chi connectivity index (χ1) is 20.3. The van der Waals surface area contributed by atoms with Crippen LogP contribution in [0.4, 0.5) is 18.9 Å². The van der Waals surface area contributed by atoms with Crippen molar-refractivity contribution in [1.29, 1.82) is 0 Å². The van der Waals surface area contributed by atoms with Gasteiger partial charge >= 0.3 is 6.18 Å². The van der Waals surface area contributed by atoms with E-state index in [0.29, 0.717) is 22.9 Å². The van der Waals surface area contributed by atoms with Crippen molar-refractivity contribution in [3.05, 3.63) is 133 Å². The highest BCUT2D eigenvalue weighted by molar-refractivity contribution is 7.10. The number of carbonyl (C=O) groups excluding carboxylic acids is 1. The number of carbonyl (C=O) groups is 1. The average molecular weight is 603 g/mol. The molecule has 1 atom stereocenters. The third-order valence-corrected chi connectivity index (χ3v) is 9.57. The average Bonchev–Trinajstić information content (AvgIpc) is 3.74. The van der Waals surface area contributed by atoms with Gasteiger partial charge in [-0.05, 0) is 88.7 Å². The summed E-state index contributed by atoms with van der Waals surface area (Å²) in [5.74, 6) is -0.552. The van der Waals surface area contributed by atoms with Crippen molar-refractivity contribution in [2.45, 2.75) is 45.1 Å². The quantitative estimate of drug-likeness (QED) is 0.192. The largest absolute Gasteiger partial charge is 0.416 e. The van der Waals surface area contributed by atoms with Crippen LogP contribution in [0.5, 0.6) is 0 Å². The molecule has 1 aliphatic rings. The summed E-state index contributed by atoms with van der Waals surface area (Å²) in [6.45, 7) is 3.11. The lowest BCUT2D eigenvalue weighted by Crippen LogP contribution is -2.34. The van der Waals surface area contributed by atoms with Gasteiger partial charge in [-0.2, -0.15) is 13.2 Å². The second-order valence-corrected chi connectivity index (χ2v) is 12.7. The highest BCUT2D eigenvalue weighted by Crippen LogP contribution is 2.38. The molecule has 0 radical (unpaired) electrons. The Balaban J connectivity index is 1.26. The van der Waals surface area contributed by atoms with Crippen LogP contribution in [0.3, 0.4) is 0 Å². The fourth-order valence-corrected chi connectivity index (χ4v) is 7.27. The Bertz CT molecular complexity index is 1640. The summed E-state index contributed by atoms with van der Waals surface area (Å²) in [4.78, 5) is 18.8. The van der Waals surface area contributed by atoms with E-state index in [0.717, 1.165) is 37.6 Å². The normalized spacial score (nSPS) is 14.7. The molecule has 8 heteroatoms. The maximum absolute atomic E-state index is 13.8. The topological polar surface area (TPSA) is 32.3 Å². The molecule has 0 spiro atoms. The molecule has 1 amide bonds. The highest BCUT2D eigenvalue weighted by atomic mass is 32.1. The van der Waals surface area contributed by atoms with E-state index in [9.17, 15) is 18.0 Å². The van der Waals surface area contributed by atoms with E-state index < -0.39 is 17.6 Å². The predicted octanol–water partition coefficient (Wildman–Crippen LogP) is 9.23. The van der Waals surface area contributed by atoms with Gasteiger partial charge in [0.2, 0.25) is 0 Å². The maximum atomic E-state index is 13.8. The van der Waals surface area contributed by atoms with E-state index in [2.05, 4.69) is 45.2 Å². The van der Waals surface area contributed by atoms with Crippen molar-refractivity contribution < 1.29 is 18.0 Å². The summed E-state index contributed by atoms with van der Waals surface area (Å²) in [6.07, 6.45) is -2.81. The number of rotatable bonds is 8. The van der Waals surface area contributed by atoms with Gasteiger partial charge in [-0.1, -0.05) is 54.6 Å². The molecule has 2 aromatic heterocycles. The van der Waals surface area contributed by atoms with Crippen molar-refractivity contribution in [3.8, 4) is 11.1 Å². The van der Waals surface area contributed by atoms with Crippen molar-refractivity contribution in [2.24, 2.45) is 0 Å². The monoisotopic (exact) mass is 602 g/mol. The number of alkyl halides is 3. The SMILES string of the molecule is Cc1c(C(F)(F)F)ccc(-c2ccccc2)c1C(=O)Nc1ccc2c(c1)CC(N(Cc1cccs1)Cc1cccs1)C2. The molecular weight excluding hydrogens is 574 g/mol. The number of nitrogens with zero attached hydrogens (tertiary/aromatic N) is 1. The first-order valence-electron chi connectivity index (χ1n) is 13.7. The molecule has 1 unspecified atom stereocenters. The Hall–Kier alpha value is -3.72. The molecular formula is C34H29F3N2OS2. The lowest BCUT2D eigenvalue weighted by molar-refractivity contribution is -0.138. The van der Waals surface area contributed by atoms with E-state index in [1.807, 2.05) is 24.3 Å². The Labute approximate surface area is 251 Å². The number of halogens is 3. The first-order valence-corrected chi connectivity index (χ1v) is 15.5. The fraction of sp³-hybridized carbons (Fsp3) is 0.206. The van der Waals surface area contributed by atoms with E-state index in [-0.39, 0.29) is 11.1 Å². The zero-order valence-electron chi connectivity index (χ0n) is 22.9. The van der Waals surface area contributed by atoms with Gasteiger partial charge in [0.15, 0.2) is 0 Å². The fourth-order valence-electron chi connectivity index (χ4n) is 5.81. The van der Waals surface area contributed by atoms with Crippen LogP contribution in [0.2, 0.25) is 0 Å². The maximum Gasteiger partial charge on any atom is 0.416 e. The van der Waals surface area contributed by atoms with Crippen LogP contribution in [0, 0.1) is 6.92 Å². The van der Waals surface area contributed by atoms with Gasteiger partial charge in [0.25, 0.3) is 5.91 Å². The van der Waals surface area contributed by atoms with Gasteiger partial charge in [-0.3, -0.25) is 9.69 Å². The number of nitrogens with one attached hydrogen (secondary N) is 1. The Kier molecular flexibility index (Phi) is 8.03. The predicted molar refractivity (Wildman–Crippen MR) is 165 cm³/mol. The minimum Gasteiger partial charge on any atom is -0.322 e. The van der Waals surface area contributed by atoms with Crippen LogP contribution >= 0.6 is 22.7 Å². The molecule has 3 nitrogen and oxygen atoms in total. The van der Waals surface area contributed by atoms with Gasteiger partial charge < -0.3 is 5.32 Å². The summed E-state index contributed by atoms with van der Waals surface area (Å²) in [5, 5.41) is 7.12. The first kappa shape index (κ1) is 28.4. The molecule has 3 aromatic carbocycles. The van der Waals surface area contributed by atoms with Crippen LogP contribution in [0.25, 0.3) is 11.1 Å². The summed E-state index contributed by atoms with van der Waals surface area (Å²) >= 11 is 3.52. The summed E-state index contributed by atoms with van der Waals surface area (Å²) in [7, 11) is 0. The standard InChI is InChI=1S/C34H29F3N2OS2/c1-22-31(34(35,36)37)14-13-30(23-7-3-2-4-8-23)32(22)33(40)38-26-12-11-24-18-27(19-25(24)17-26)39(20-28-9-5-15-41-28)21-29-10-6-16-42-29/h2-17,27H,18-21H2,1H3,(H,38,40). The lowest BCUT2D eigenvalue weighted by atomic mass is 9.91. The Morgan fingerprint density at radius 3 is 2.14 bits per heavy atom. The van der Waals surface area contributed by atoms with Crippen LogP contribution in [0.1, 0.15) is 42.4 Å². The smallest absolute Gasteiger partial charge is 0.322 e. The molecule has 214 valence electrons. The van der Waals surface area contributed by atoms with Gasteiger partial charge in [-0.15, -0.1) is 22.7 Å². The molecule has 0 bridgehead atoms. The number of amides is 1. The van der Waals surface area contributed by atoms with E-state index >= 15 is 0 Å². The number of thiophene rings is 2. The van der Waals surface area contributed by atoms with Crippen molar-refractivity contribution >= 4 is 34.3 Å². The molecule has 42 heavy (non-hydrogen) atoms. The molecule has 2 heterocycles. The zero-order chi connectivity index (χ0) is 29.3. The summed E-state index contributed by atoms with van der Waals surface area (Å²) in [5.41, 5.74) is 3.28. The van der Waals surface area contributed by atoms with Crippen LogP contribution in [-0.4, -0.2) is 16.8 Å². The van der Waals surface area contributed by atoms with E-state index in [1.165, 1.54) is 28.3 Å². The van der Waals surface area contributed by atoms with Gasteiger partial charge in [0.05, 0.1) is 11.1 Å². The number of anilines is 1. The molecule has 0 saturated heterocycles. The molecule has 0 saturated carbocycles. The van der Waals surface area contributed by atoms with E-state index in [4.69, 9.17) is 0 Å². The molecule has 6 rings (SSSR count). The van der Waals surface area contributed by atoms with Crippen molar-refractivity contribution in [1.82, 2.24) is 4.90 Å². The summed E-state index contributed by atoms with van der Waals surface area (Å²) in [6, 6.07) is 26.2. The number of hydrogen-bond acceptors (Lipinski definition) is 4. The number of hydrogen-bond donors (Lipinski definition) is 1. The van der Waals surface area contributed by atoms with Crippen LogP contribution < -0.4 is 5.32 Å². The Morgan fingerprint density at radius 1 is 0.857 bits per heavy atom. The third-order valence-electron chi connectivity index (χ3n) is 7.85. The zero-order valence-corrected chi connectivity index (χ0v) is 24.6. The lowest BCUT2D eigenvalue weighted by Gasteiger charge is -2.28. The highest BCUT2D eigenvalue weighted by Gasteiger charge is 2.35. The molecule has 1 N–H and O–H groups in total. The minimum absolute atomic E-state index is 0.0347. The minimum atomic E-state index is -4.56. The summed E-state index contributed by atoms with van der Waals surface area (Å²) < 4.78 is 41.4. The van der Waals surface area contributed by atoms with E-state index in [1.54, 1.807) is 46.9 Å². The second-order valence-electron chi connectivity index (χ2n) is 10.6. The molecule has 5 aromatic rings. The van der Waals surface area contributed by atoms with Gasteiger partial charge in [0, 0.05) is 34.6 Å². The third kappa shape index (κ3) is 6.07. The second kappa shape index (κ2) is 11.9.